The lowest BCUT2D eigenvalue weighted by Crippen LogP contribution is -2.72. The Morgan fingerprint density at radius 3 is 2.03 bits per heavy atom. The van der Waals surface area contributed by atoms with E-state index >= 15 is 0 Å². The Morgan fingerprint density at radius 1 is 0.892 bits per heavy atom. The van der Waals surface area contributed by atoms with E-state index in [0.29, 0.717) is 24.9 Å². The maximum Gasteiger partial charge on any atom is 0.331 e. The van der Waals surface area contributed by atoms with Crippen LogP contribution in [0.4, 0.5) is 0 Å². The lowest BCUT2D eigenvalue weighted by molar-refractivity contribution is -0.162. The van der Waals surface area contributed by atoms with E-state index in [0.717, 1.165) is 5.56 Å². The largest absolute Gasteiger partial charge is 0.464 e. The van der Waals surface area contributed by atoms with Crippen LogP contribution in [-0.4, -0.2) is 59.1 Å². The molecule has 1 aliphatic rings. The normalized spacial score (nSPS) is 18.2. The SMILES string of the molecule is CCOC(=O)C1(NC(=O)c2ccccc2)CC(C)(C)N(CCOC(=O)/C=C/c2ccccc2)C(C)(C)C1. The molecule has 37 heavy (non-hydrogen) atoms. The quantitative estimate of drug-likeness (QED) is 0.394. The van der Waals surface area contributed by atoms with Crippen molar-refractivity contribution in [3.63, 3.8) is 0 Å². The van der Waals surface area contributed by atoms with Gasteiger partial charge in [-0.05, 0) is 71.2 Å². The van der Waals surface area contributed by atoms with Crippen LogP contribution in [0.3, 0.4) is 0 Å². The van der Waals surface area contributed by atoms with Gasteiger partial charge in [0.2, 0.25) is 0 Å². The zero-order chi connectivity index (χ0) is 27.1. The highest BCUT2D eigenvalue weighted by molar-refractivity contribution is 5.98. The number of rotatable bonds is 9. The minimum absolute atomic E-state index is 0.202. The van der Waals surface area contributed by atoms with Gasteiger partial charge in [-0.25, -0.2) is 9.59 Å². The first-order valence-corrected chi connectivity index (χ1v) is 12.7. The molecule has 1 amide bonds. The average molecular weight is 507 g/mol. The maximum absolute atomic E-state index is 13.3. The number of benzene rings is 2. The maximum atomic E-state index is 13.3. The Bertz CT molecular complexity index is 1090. The van der Waals surface area contributed by atoms with E-state index in [1.165, 1.54) is 6.08 Å². The lowest BCUT2D eigenvalue weighted by Gasteiger charge is -2.58. The van der Waals surface area contributed by atoms with Crippen molar-refractivity contribution >= 4 is 23.9 Å². The van der Waals surface area contributed by atoms with Crippen LogP contribution in [0, 0.1) is 0 Å². The number of carbonyl (C=O) groups is 3. The first-order valence-electron chi connectivity index (χ1n) is 12.7. The summed E-state index contributed by atoms with van der Waals surface area (Å²) in [5.74, 6) is -1.15. The zero-order valence-electron chi connectivity index (χ0n) is 22.5. The summed E-state index contributed by atoms with van der Waals surface area (Å²) < 4.78 is 11.0. The number of nitrogens with zero attached hydrogens (tertiary/aromatic N) is 1. The standard InChI is InChI=1S/C30H38N2O5/c1-6-36-27(35)30(31-26(34)24-15-11-8-12-16-24)21-28(2,3)32(29(4,5)22-30)19-20-37-25(33)18-17-23-13-9-7-10-14-23/h7-18H,6,19-22H2,1-5H3,(H,31,34)/b18-17+. The highest BCUT2D eigenvalue weighted by Gasteiger charge is 2.57. The number of hydrogen-bond donors (Lipinski definition) is 1. The van der Waals surface area contributed by atoms with Crippen molar-refractivity contribution in [3.8, 4) is 0 Å². The molecule has 0 unspecified atom stereocenters. The zero-order valence-corrected chi connectivity index (χ0v) is 22.5. The number of likely N-dealkylation sites (tertiary alicyclic amines) is 1. The van der Waals surface area contributed by atoms with Crippen molar-refractivity contribution in [2.45, 2.75) is 64.1 Å². The highest BCUT2D eigenvalue weighted by Crippen LogP contribution is 2.44. The summed E-state index contributed by atoms with van der Waals surface area (Å²) >= 11 is 0. The number of carbonyl (C=O) groups excluding carboxylic acids is 3. The topological polar surface area (TPSA) is 84.9 Å². The number of nitrogens with one attached hydrogen (secondary N) is 1. The third-order valence-corrected chi connectivity index (χ3v) is 6.76. The summed E-state index contributed by atoms with van der Waals surface area (Å²) in [5.41, 5.74) is -0.804. The Balaban J connectivity index is 1.73. The molecule has 7 heteroatoms. The molecule has 1 saturated heterocycles. The van der Waals surface area contributed by atoms with Crippen LogP contribution in [0.1, 0.15) is 63.4 Å². The van der Waals surface area contributed by atoms with E-state index in [9.17, 15) is 14.4 Å². The van der Waals surface area contributed by atoms with E-state index in [1.807, 2.05) is 64.1 Å². The molecule has 3 rings (SSSR count). The molecule has 0 bridgehead atoms. The molecule has 0 radical (unpaired) electrons. The minimum atomic E-state index is -1.19. The van der Waals surface area contributed by atoms with Gasteiger partial charge in [0.1, 0.15) is 12.1 Å². The van der Waals surface area contributed by atoms with Gasteiger partial charge in [-0.3, -0.25) is 9.69 Å². The molecule has 0 saturated carbocycles. The van der Waals surface area contributed by atoms with E-state index in [4.69, 9.17) is 9.47 Å². The second-order valence-electron chi connectivity index (χ2n) is 10.7. The van der Waals surface area contributed by atoms with Crippen LogP contribution >= 0.6 is 0 Å². The fraction of sp³-hybridized carbons (Fsp3) is 0.433. The Labute approximate surface area is 219 Å². The summed E-state index contributed by atoms with van der Waals surface area (Å²) in [6.45, 7) is 10.8. The predicted octanol–water partition coefficient (Wildman–Crippen LogP) is 4.63. The average Bonchev–Trinajstić information content (AvgIpc) is 2.85. The Hall–Kier alpha value is -3.45. The fourth-order valence-corrected chi connectivity index (χ4v) is 5.60. The van der Waals surface area contributed by atoms with Crippen molar-refractivity contribution in [1.82, 2.24) is 10.2 Å². The monoisotopic (exact) mass is 506 g/mol. The molecule has 0 atom stereocenters. The Morgan fingerprint density at radius 2 is 1.46 bits per heavy atom. The van der Waals surface area contributed by atoms with E-state index in [1.54, 1.807) is 37.3 Å². The number of hydrogen-bond acceptors (Lipinski definition) is 6. The van der Waals surface area contributed by atoms with Gasteiger partial charge in [0.05, 0.1) is 6.61 Å². The second kappa shape index (κ2) is 11.7. The number of esters is 2. The van der Waals surface area contributed by atoms with Crippen molar-refractivity contribution in [3.05, 3.63) is 77.9 Å². The lowest BCUT2D eigenvalue weighted by atomic mass is 9.68. The smallest absolute Gasteiger partial charge is 0.331 e. The first kappa shape index (κ1) is 28.1. The van der Waals surface area contributed by atoms with E-state index in [-0.39, 0.29) is 19.1 Å². The van der Waals surface area contributed by atoms with Crippen molar-refractivity contribution in [2.75, 3.05) is 19.8 Å². The van der Waals surface area contributed by atoms with Crippen LogP contribution in [0.5, 0.6) is 0 Å². The van der Waals surface area contributed by atoms with E-state index < -0.39 is 28.6 Å². The predicted molar refractivity (Wildman–Crippen MR) is 144 cm³/mol. The van der Waals surface area contributed by atoms with Crippen molar-refractivity contribution < 1.29 is 23.9 Å². The minimum Gasteiger partial charge on any atom is -0.464 e. The Kier molecular flexibility index (Phi) is 8.92. The van der Waals surface area contributed by atoms with Crippen LogP contribution in [0.2, 0.25) is 0 Å². The highest BCUT2D eigenvalue weighted by atomic mass is 16.5. The summed E-state index contributed by atoms with van der Waals surface area (Å²) in [5, 5.41) is 3.04. The van der Waals surface area contributed by atoms with Crippen LogP contribution < -0.4 is 5.32 Å². The van der Waals surface area contributed by atoms with Gasteiger partial charge in [0.25, 0.3) is 5.91 Å². The van der Waals surface area contributed by atoms with Crippen LogP contribution in [-0.2, 0) is 19.1 Å². The molecular formula is C30H38N2O5. The van der Waals surface area contributed by atoms with Crippen LogP contribution in [0.15, 0.2) is 66.7 Å². The molecule has 198 valence electrons. The molecule has 2 aromatic rings. The van der Waals surface area contributed by atoms with Gasteiger partial charge in [-0.1, -0.05) is 48.5 Å². The molecule has 0 aliphatic carbocycles. The number of amides is 1. The summed E-state index contributed by atoms with van der Waals surface area (Å²) in [6.07, 6.45) is 3.85. The van der Waals surface area contributed by atoms with Crippen molar-refractivity contribution in [1.29, 1.82) is 0 Å². The molecular weight excluding hydrogens is 468 g/mol. The molecule has 1 N–H and O–H groups in total. The van der Waals surface area contributed by atoms with Gasteiger partial charge in [-0.15, -0.1) is 0 Å². The van der Waals surface area contributed by atoms with Gasteiger partial charge in [0, 0.05) is 29.3 Å². The molecule has 7 nitrogen and oxygen atoms in total. The number of piperidine rings is 1. The number of ether oxygens (including phenoxy) is 2. The van der Waals surface area contributed by atoms with Crippen LogP contribution in [0.25, 0.3) is 6.08 Å². The summed E-state index contributed by atoms with van der Waals surface area (Å²) in [7, 11) is 0. The fourth-order valence-electron chi connectivity index (χ4n) is 5.60. The summed E-state index contributed by atoms with van der Waals surface area (Å²) in [4.78, 5) is 41.0. The van der Waals surface area contributed by atoms with E-state index in [2.05, 4.69) is 10.2 Å². The molecule has 2 aromatic carbocycles. The second-order valence-corrected chi connectivity index (χ2v) is 10.7. The summed E-state index contributed by atoms with van der Waals surface area (Å²) in [6, 6.07) is 18.4. The van der Waals surface area contributed by atoms with Gasteiger partial charge >= 0.3 is 11.9 Å². The molecule has 1 aliphatic heterocycles. The van der Waals surface area contributed by atoms with Gasteiger partial charge in [0.15, 0.2) is 0 Å². The third kappa shape index (κ3) is 7.07. The van der Waals surface area contributed by atoms with Gasteiger partial charge in [-0.2, -0.15) is 0 Å². The first-order chi connectivity index (χ1) is 17.5. The molecule has 1 fully saturated rings. The third-order valence-electron chi connectivity index (χ3n) is 6.76. The molecule has 1 heterocycles. The van der Waals surface area contributed by atoms with Crippen molar-refractivity contribution in [2.24, 2.45) is 0 Å². The molecule has 0 spiro atoms. The molecule has 0 aromatic heterocycles. The van der Waals surface area contributed by atoms with Gasteiger partial charge < -0.3 is 14.8 Å².